The third-order valence-electron chi connectivity index (χ3n) is 7.63. The lowest BCUT2D eigenvalue weighted by atomic mass is 10.0. The lowest BCUT2D eigenvalue weighted by molar-refractivity contribution is 1.32. The molecule has 0 radical (unpaired) electrons. The molecule has 0 aliphatic heterocycles. The molecule has 3 nitrogen and oxygen atoms in total. The van der Waals surface area contributed by atoms with Gasteiger partial charge in [0.2, 0.25) is 0 Å². The zero-order valence-corrected chi connectivity index (χ0v) is 21.6. The van der Waals surface area contributed by atoms with Crippen LogP contribution in [-0.4, -0.2) is 15.0 Å². The maximum Gasteiger partial charge on any atom is 0.0894 e. The lowest BCUT2D eigenvalue weighted by Crippen LogP contribution is -1.91. The highest BCUT2D eigenvalue weighted by Gasteiger charge is 2.09. The summed E-state index contributed by atoms with van der Waals surface area (Å²) in [6.45, 7) is 0. The highest BCUT2D eigenvalue weighted by atomic mass is 14.8. The first-order chi connectivity index (χ1) is 19.8. The van der Waals surface area contributed by atoms with Gasteiger partial charge in [0, 0.05) is 27.1 Å². The fraction of sp³-hybridized carbons (Fsp3) is 0. The van der Waals surface area contributed by atoms with Crippen molar-refractivity contribution in [1.29, 1.82) is 0 Å². The number of benzene rings is 5. The minimum Gasteiger partial charge on any atom is -0.248 e. The van der Waals surface area contributed by atoms with Crippen LogP contribution in [0, 0.1) is 0 Å². The van der Waals surface area contributed by atoms with E-state index in [-0.39, 0.29) is 0 Å². The van der Waals surface area contributed by atoms with Crippen molar-refractivity contribution in [1.82, 2.24) is 15.0 Å². The molecule has 0 spiro atoms. The molecule has 0 unspecified atom stereocenters. The fourth-order valence-corrected chi connectivity index (χ4v) is 5.51. The maximum absolute atomic E-state index is 5.06. The summed E-state index contributed by atoms with van der Waals surface area (Å²) in [7, 11) is 0. The van der Waals surface area contributed by atoms with Crippen LogP contribution in [0.15, 0.2) is 140 Å². The second kappa shape index (κ2) is 9.11. The minimum atomic E-state index is 0.868. The average Bonchev–Trinajstić information content (AvgIpc) is 3.04. The number of rotatable bonds is 3. The van der Waals surface area contributed by atoms with Crippen LogP contribution in [0.25, 0.3) is 77.3 Å². The minimum absolute atomic E-state index is 0.868. The normalized spacial score (nSPS) is 11.5. The van der Waals surface area contributed by atoms with Gasteiger partial charge in [-0.05, 0) is 46.8 Å². The predicted molar refractivity (Wildman–Crippen MR) is 166 cm³/mol. The van der Waals surface area contributed by atoms with E-state index in [1.165, 1.54) is 5.39 Å². The zero-order valence-electron chi connectivity index (χ0n) is 21.6. The summed E-state index contributed by atoms with van der Waals surface area (Å²) in [4.78, 5) is 15.1. The van der Waals surface area contributed by atoms with Gasteiger partial charge in [-0.25, -0.2) is 15.0 Å². The van der Waals surface area contributed by atoms with Crippen molar-refractivity contribution in [3.8, 4) is 33.8 Å². The maximum atomic E-state index is 5.06. The van der Waals surface area contributed by atoms with E-state index in [0.717, 1.165) is 71.9 Å². The van der Waals surface area contributed by atoms with E-state index < -0.39 is 0 Å². The van der Waals surface area contributed by atoms with Gasteiger partial charge in [0.05, 0.1) is 33.6 Å². The van der Waals surface area contributed by atoms with Crippen LogP contribution in [0.1, 0.15) is 0 Å². The van der Waals surface area contributed by atoms with Gasteiger partial charge < -0.3 is 0 Å². The van der Waals surface area contributed by atoms with Crippen molar-refractivity contribution in [3.05, 3.63) is 140 Å². The Morgan fingerprint density at radius 1 is 0.325 bits per heavy atom. The Bertz CT molecular complexity index is 2220. The second-order valence-corrected chi connectivity index (χ2v) is 10.1. The van der Waals surface area contributed by atoms with Crippen molar-refractivity contribution >= 4 is 43.5 Å². The Balaban J connectivity index is 1.21. The quantitative estimate of drug-likeness (QED) is 0.223. The Labute approximate surface area is 231 Å². The van der Waals surface area contributed by atoms with Crippen molar-refractivity contribution in [2.24, 2.45) is 0 Å². The number of aromatic nitrogens is 3. The van der Waals surface area contributed by atoms with E-state index in [2.05, 4.69) is 121 Å². The first-order valence-electron chi connectivity index (χ1n) is 13.4. The smallest absolute Gasteiger partial charge is 0.0894 e. The van der Waals surface area contributed by atoms with E-state index >= 15 is 0 Å². The van der Waals surface area contributed by atoms with Gasteiger partial charge in [-0.3, -0.25) is 0 Å². The SMILES string of the molecule is c1ccc(-c2ccc3ccc(-c4ccc5ccc(-c6ccc7ccc8ccccc8c7n6)nc5c4)cc3n2)cc1. The highest BCUT2D eigenvalue weighted by Crippen LogP contribution is 2.30. The van der Waals surface area contributed by atoms with E-state index in [0.29, 0.717) is 0 Å². The summed E-state index contributed by atoms with van der Waals surface area (Å²) in [5, 5.41) is 5.70. The molecule has 0 amide bonds. The molecule has 0 fully saturated rings. The fourth-order valence-electron chi connectivity index (χ4n) is 5.51. The molecular formula is C37H23N3. The average molecular weight is 510 g/mol. The third-order valence-corrected chi connectivity index (χ3v) is 7.63. The molecule has 0 aliphatic rings. The first-order valence-corrected chi connectivity index (χ1v) is 13.4. The molecule has 3 heterocycles. The summed E-state index contributed by atoms with van der Waals surface area (Å²) in [5.41, 5.74) is 9.00. The van der Waals surface area contributed by atoms with Crippen LogP contribution in [0.2, 0.25) is 0 Å². The Morgan fingerprint density at radius 2 is 0.850 bits per heavy atom. The topological polar surface area (TPSA) is 38.7 Å². The van der Waals surface area contributed by atoms with Crippen LogP contribution in [-0.2, 0) is 0 Å². The lowest BCUT2D eigenvalue weighted by Gasteiger charge is -2.09. The molecule has 0 saturated carbocycles. The first kappa shape index (κ1) is 22.6. The Hall–Kier alpha value is -5.41. The number of hydrogen-bond donors (Lipinski definition) is 0. The monoisotopic (exact) mass is 509 g/mol. The summed E-state index contributed by atoms with van der Waals surface area (Å²) >= 11 is 0. The standard InChI is InChI=1S/C37H23N3/c1-2-7-25(8-3-1)32-19-16-26-11-14-29(22-35(26)38-32)30-15-12-27-17-20-33(39-36(27)23-30)34-21-18-28-13-10-24-6-4-5-9-31(24)37(28)40-34/h1-23H. The number of fused-ring (bicyclic) bond motifs is 5. The van der Waals surface area contributed by atoms with Crippen LogP contribution in [0.5, 0.6) is 0 Å². The molecule has 0 N–H and O–H groups in total. The van der Waals surface area contributed by atoms with Gasteiger partial charge in [-0.15, -0.1) is 0 Å². The molecule has 0 bridgehead atoms. The highest BCUT2D eigenvalue weighted by molar-refractivity contribution is 6.05. The molecule has 8 rings (SSSR count). The van der Waals surface area contributed by atoms with E-state index in [1.54, 1.807) is 0 Å². The summed E-state index contributed by atoms with van der Waals surface area (Å²) < 4.78 is 0. The molecule has 40 heavy (non-hydrogen) atoms. The number of nitrogens with zero attached hydrogens (tertiary/aromatic N) is 3. The predicted octanol–water partition coefficient (Wildman–Crippen LogP) is 9.49. The molecular weight excluding hydrogens is 486 g/mol. The van der Waals surface area contributed by atoms with E-state index in [9.17, 15) is 0 Å². The molecule has 0 atom stereocenters. The van der Waals surface area contributed by atoms with E-state index in [4.69, 9.17) is 15.0 Å². The van der Waals surface area contributed by atoms with E-state index in [1.807, 2.05) is 18.2 Å². The third kappa shape index (κ3) is 3.88. The van der Waals surface area contributed by atoms with Gasteiger partial charge in [-0.1, -0.05) is 109 Å². The van der Waals surface area contributed by atoms with Crippen LogP contribution >= 0.6 is 0 Å². The molecule has 0 aliphatic carbocycles. The van der Waals surface area contributed by atoms with Crippen molar-refractivity contribution in [2.75, 3.05) is 0 Å². The zero-order chi connectivity index (χ0) is 26.5. The summed E-state index contributed by atoms with van der Waals surface area (Å²) in [6, 6.07) is 48.5. The van der Waals surface area contributed by atoms with Gasteiger partial charge in [-0.2, -0.15) is 0 Å². The van der Waals surface area contributed by atoms with Gasteiger partial charge in [0.25, 0.3) is 0 Å². The summed E-state index contributed by atoms with van der Waals surface area (Å²) in [6.07, 6.45) is 0. The van der Waals surface area contributed by atoms with Gasteiger partial charge in [0.1, 0.15) is 0 Å². The molecule has 8 aromatic rings. The Morgan fingerprint density at radius 3 is 1.60 bits per heavy atom. The number of hydrogen-bond acceptors (Lipinski definition) is 3. The van der Waals surface area contributed by atoms with Crippen molar-refractivity contribution in [3.63, 3.8) is 0 Å². The van der Waals surface area contributed by atoms with Crippen molar-refractivity contribution in [2.45, 2.75) is 0 Å². The molecule has 186 valence electrons. The number of pyridine rings is 3. The van der Waals surface area contributed by atoms with Crippen LogP contribution in [0.4, 0.5) is 0 Å². The molecule has 5 aromatic carbocycles. The van der Waals surface area contributed by atoms with Crippen LogP contribution in [0.3, 0.4) is 0 Å². The molecule has 0 saturated heterocycles. The van der Waals surface area contributed by atoms with Gasteiger partial charge >= 0.3 is 0 Å². The van der Waals surface area contributed by atoms with Crippen LogP contribution < -0.4 is 0 Å². The molecule has 3 heteroatoms. The Kier molecular flexibility index (Phi) is 5.14. The largest absolute Gasteiger partial charge is 0.248 e. The van der Waals surface area contributed by atoms with Crippen molar-refractivity contribution < 1.29 is 0 Å². The summed E-state index contributed by atoms with van der Waals surface area (Å²) in [5.74, 6) is 0. The second-order valence-electron chi connectivity index (χ2n) is 10.1. The van der Waals surface area contributed by atoms with Gasteiger partial charge in [0.15, 0.2) is 0 Å². The molecule has 3 aromatic heterocycles.